The van der Waals surface area contributed by atoms with Gasteiger partial charge in [0.1, 0.15) is 17.5 Å². The van der Waals surface area contributed by atoms with E-state index in [9.17, 15) is 27.9 Å². The third-order valence-electron chi connectivity index (χ3n) is 3.51. The number of carboxylic acids is 1. The molecule has 0 saturated heterocycles. The lowest BCUT2D eigenvalue weighted by molar-refractivity contribution is -0.274. The van der Waals surface area contributed by atoms with Gasteiger partial charge in [-0.05, 0) is 23.8 Å². The summed E-state index contributed by atoms with van der Waals surface area (Å²) in [5, 5.41) is 27.8. The fourth-order valence-corrected chi connectivity index (χ4v) is 2.36. The molecule has 0 radical (unpaired) electrons. The molecule has 0 fully saturated rings. The number of aromatic hydroxyl groups is 1. The van der Waals surface area contributed by atoms with Gasteiger partial charge in [0.25, 0.3) is 0 Å². The number of nitriles is 1. The summed E-state index contributed by atoms with van der Waals surface area (Å²) >= 11 is 0. The number of hydrogen-bond acceptors (Lipinski definition) is 6. The number of carbonyl (C=O) groups is 2. The lowest BCUT2D eigenvalue weighted by Crippen LogP contribution is -2.17. The largest absolute Gasteiger partial charge is 0.573 e. The number of carboxylic acid groups (broad SMARTS) is 1. The second-order valence-electron chi connectivity index (χ2n) is 5.66. The Morgan fingerprint density at radius 1 is 1.21 bits per heavy atom. The fourth-order valence-electron chi connectivity index (χ4n) is 2.36. The molecule has 0 bridgehead atoms. The molecule has 1 heterocycles. The minimum Gasteiger partial charge on any atom is -0.504 e. The normalized spacial score (nSPS) is 10.9. The third-order valence-corrected chi connectivity index (χ3v) is 3.51. The molecule has 0 amide bonds. The highest BCUT2D eigenvalue weighted by Gasteiger charge is 2.31. The van der Waals surface area contributed by atoms with Gasteiger partial charge in [0.05, 0.1) is 12.0 Å². The molecular formula is C18H13F3N2O5. The first-order valence-electron chi connectivity index (χ1n) is 7.81. The van der Waals surface area contributed by atoms with Crippen molar-refractivity contribution in [3.05, 3.63) is 52.8 Å². The Kier molecular flexibility index (Phi) is 6.20. The van der Waals surface area contributed by atoms with Crippen LogP contribution in [0.4, 0.5) is 13.2 Å². The summed E-state index contributed by atoms with van der Waals surface area (Å²) in [7, 11) is 0. The molecular weight excluding hydrogens is 381 g/mol. The van der Waals surface area contributed by atoms with Crippen LogP contribution in [-0.2, 0) is 11.2 Å². The first-order valence-corrected chi connectivity index (χ1v) is 7.81. The van der Waals surface area contributed by atoms with Gasteiger partial charge < -0.3 is 14.9 Å². The highest BCUT2D eigenvalue weighted by atomic mass is 19.4. The van der Waals surface area contributed by atoms with Crippen LogP contribution in [0.15, 0.2) is 30.3 Å². The van der Waals surface area contributed by atoms with E-state index in [4.69, 9.17) is 10.4 Å². The third kappa shape index (κ3) is 5.70. The van der Waals surface area contributed by atoms with Crippen LogP contribution in [0.5, 0.6) is 11.5 Å². The van der Waals surface area contributed by atoms with E-state index in [-0.39, 0.29) is 17.7 Å². The highest BCUT2D eigenvalue weighted by Crippen LogP contribution is 2.26. The minimum atomic E-state index is -4.85. The number of pyridine rings is 1. The number of carbonyl (C=O) groups excluding carboxylic acids is 1. The molecule has 146 valence electrons. The van der Waals surface area contributed by atoms with Crippen molar-refractivity contribution in [3.8, 4) is 17.6 Å². The molecule has 0 atom stereocenters. The van der Waals surface area contributed by atoms with E-state index in [2.05, 4.69) is 9.72 Å². The maximum atomic E-state index is 12.3. The average molecular weight is 394 g/mol. The highest BCUT2D eigenvalue weighted by molar-refractivity contribution is 5.98. The van der Waals surface area contributed by atoms with Crippen molar-refractivity contribution in [2.75, 3.05) is 0 Å². The fraction of sp³-hybridized carbons (Fsp3) is 0.222. The number of halogens is 3. The second kappa shape index (κ2) is 8.39. The van der Waals surface area contributed by atoms with Crippen LogP contribution in [0, 0.1) is 11.3 Å². The molecule has 2 rings (SSSR count). The summed E-state index contributed by atoms with van der Waals surface area (Å²) in [6.45, 7) is 0. The number of Topliss-reactive ketones (excluding diaryl/α,β-unsaturated/α-hetero) is 1. The van der Waals surface area contributed by atoms with Gasteiger partial charge in [-0.15, -0.1) is 13.2 Å². The lowest BCUT2D eigenvalue weighted by atomic mass is 10.0. The van der Waals surface area contributed by atoms with Crippen molar-refractivity contribution >= 4 is 11.8 Å². The van der Waals surface area contributed by atoms with Crippen LogP contribution < -0.4 is 4.74 Å². The van der Waals surface area contributed by atoms with E-state index in [0.717, 1.165) is 12.1 Å². The van der Waals surface area contributed by atoms with Gasteiger partial charge in [0.2, 0.25) is 0 Å². The van der Waals surface area contributed by atoms with E-state index in [1.807, 2.05) is 0 Å². The molecule has 0 aliphatic carbocycles. The summed E-state index contributed by atoms with van der Waals surface area (Å²) in [6, 6.07) is 7.96. The quantitative estimate of drug-likeness (QED) is 0.692. The van der Waals surface area contributed by atoms with E-state index in [1.165, 1.54) is 18.2 Å². The lowest BCUT2D eigenvalue weighted by Gasteiger charge is -2.11. The first kappa shape index (κ1) is 20.7. The SMILES string of the molecule is N#Cc1cc(Cc2cccc(OC(F)(F)F)c2)nc(C(=O)CCC(=O)O)c1O. The van der Waals surface area contributed by atoms with E-state index in [0.29, 0.717) is 5.56 Å². The van der Waals surface area contributed by atoms with Crippen molar-refractivity contribution in [1.29, 1.82) is 5.26 Å². The summed E-state index contributed by atoms with van der Waals surface area (Å²) in [4.78, 5) is 26.7. The predicted molar refractivity (Wildman–Crippen MR) is 87.7 cm³/mol. The molecule has 10 heteroatoms. The van der Waals surface area contributed by atoms with Crippen LogP contribution in [0.2, 0.25) is 0 Å². The smallest absolute Gasteiger partial charge is 0.504 e. The van der Waals surface area contributed by atoms with Crippen LogP contribution >= 0.6 is 0 Å². The Labute approximate surface area is 156 Å². The number of alkyl halides is 3. The summed E-state index contributed by atoms with van der Waals surface area (Å²) in [6.07, 6.45) is -5.82. The number of rotatable bonds is 7. The van der Waals surface area contributed by atoms with Crippen LogP contribution in [0.3, 0.4) is 0 Å². The van der Waals surface area contributed by atoms with E-state index < -0.39 is 48.1 Å². The van der Waals surface area contributed by atoms with Gasteiger partial charge in [-0.2, -0.15) is 5.26 Å². The zero-order valence-corrected chi connectivity index (χ0v) is 14.2. The summed E-state index contributed by atoms with van der Waals surface area (Å²) in [5.74, 6) is -3.10. The van der Waals surface area contributed by atoms with Gasteiger partial charge in [-0.25, -0.2) is 4.98 Å². The Morgan fingerprint density at radius 3 is 2.54 bits per heavy atom. The molecule has 0 saturated carbocycles. The van der Waals surface area contributed by atoms with Gasteiger partial charge in [-0.1, -0.05) is 12.1 Å². The van der Waals surface area contributed by atoms with Gasteiger partial charge in [0, 0.05) is 18.5 Å². The molecule has 0 aliphatic heterocycles. The van der Waals surface area contributed by atoms with Gasteiger partial charge >= 0.3 is 12.3 Å². The maximum absolute atomic E-state index is 12.3. The molecule has 28 heavy (non-hydrogen) atoms. The molecule has 1 aromatic carbocycles. The minimum absolute atomic E-state index is 0.0524. The molecule has 7 nitrogen and oxygen atoms in total. The number of aromatic nitrogens is 1. The monoisotopic (exact) mass is 394 g/mol. The van der Waals surface area contributed by atoms with Crippen molar-refractivity contribution in [2.45, 2.75) is 25.6 Å². The van der Waals surface area contributed by atoms with Crippen LogP contribution in [0.25, 0.3) is 0 Å². The van der Waals surface area contributed by atoms with Crippen molar-refractivity contribution in [3.63, 3.8) is 0 Å². The van der Waals surface area contributed by atoms with Crippen molar-refractivity contribution in [2.24, 2.45) is 0 Å². The topological polar surface area (TPSA) is 121 Å². The number of benzene rings is 1. The van der Waals surface area contributed by atoms with Crippen molar-refractivity contribution in [1.82, 2.24) is 4.98 Å². The summed E-state index contributed by atoms with van der Waals surface area (Å²) < 4.78 is 40.8. The number of ether oxygens (including phenoxy) is 1. The Hall–Kier alpha value is -3.61. The standard InChI is InChI=1S/C18H13F3N2O5/c19-18(20,21)28-13-3-1-2-10(7-13)6-12-8-11(9-22)17(27)16(23-12)14(24)4-5-15(25)26/h1-3,7-8,27H,4-6H2,(H,25,26). The average Bonchev–Trinajstić information content (AvgIpc) is 2.59. The maximum Gasteiger partial charge on any atom is 0.573 e. The number of hydrogen-bond donors (Lipinski definition) is 2. The summed E-state index contributed by atoms with van der Waals surface area (Å²) in [5.41, 5.74) is -0.227. The Morgan fingerprint density at radius 2 is 1.93 bits per heavy atom. The molecule has 0 spiro atoms. The number of nitrogens with zero attached hydrogens (tertiary/aromatic N) is 2. The zero-order chi connectivity index (χ0) is 20.9. The van der Waals surface area contributed by atoms with E-state index in [1.54, 1.807) is 6.07 Å². The molecule has 1 aromatic heterocycles. The molecule has 2 N–H and O–H groups in total. The van der Waals surface area contributed by atoms with E-state index >= 15 is 0 Å². The van der Waals surface area contributed by atoms with Gasteiger partial charge in [0.15, 0.2) is 11.5 Å². The van der Waals surface area contributed by atoms with Crippen LogP contribution in [0.1, 0.15) is 40.2 Å². The molecule has 0 aliphatic rings. The Balaban J connectivity index is 2.32. The second-order valence-corrected chi connectivity index (χ2v) is 5.66. The molecule has 2 aromatic rings. The predicted octanol–water partition coefficient (Wildman–Crippen LogP) is 3.20. The Bertz CT molecular complexity index is 951. The van der Waals surface area contributed by atoms with Gasteiger partial charge in [-0.3, -0.25) is 9.59 Å². The van der Waals surface area contributed by atoms with Crippen LogP contribution in [-0.4, -0.2) is 33.3 Å². The number of ketones is 1. The molecule has 0 unspecified atom stereocenters. The number of aliphatic carboxylic acids is 1. The zero-order valence-electron chi connectivity index (χ0n) is 14.2. The van der Waals surface area contributed by atoms with Crippen molar-refractivity contribution < 1.29 is 37.7 Å². The first-order chi connectivity index (χ1) is 13.1.